The summed E-state index contributed by atoms with van der Waals surface area (Å²) < 4.78 is 0. The van der Waals surface area contributed by atoms with E-state index in [0.717, 1.165) is 18.1 Å². The molecule has 0 aromatic carbocycles. The van der Waals surface area contributed by atoms with E-state index in [1.54, 1.807) is 11.3 Å². The zero-order valence-corrected chi connectivity index (χ0v) is 12.2. The topological polar surface area (TPSA) is 50.9 Å². The number of thiazole rings is 1. The largest absolute Gasteiger partial charge is 0.330 e. The predicted octanol–water partition coefficient (Wildman–Crippen LogP) is 2.59. The zero-order valence-electron chi connectivity index (χ0n) is 11.4. The summed E-state index contributed by atoms with van der Waals surface area (Å²) in [4.78, 5) is 4.38. The van der Waals surface area contributed by atoms with Gasteiger partial charge in [-0.2, -0.15) is 0 Å². The van der Waals surface area contributed by atoms with Crippen LogP contribution >= 0.6 is 11.3 Å². The first-order valence-electron chi connectivity index (χ1n) is 6.30. The smallest absolute Gasteiger partial charge is 0.112 e. The van der Waals surface area contributed by atoms with Crippen LogP contribution in [-0.2, 0) is 5.54 Å². The highest BCUT2D eigenvalue weighted by Gasteiger charge is 2.23. The van der Waals surface area contributed by atoms with E-state index in [1.807, 2.05) is 11.6 Å². The van der Waals surface area contributed by atoms with E-state index in [1.165, 1.54) is 6.42 Å². The van der Waals surface area contributed by atoms with Crippen molar-refractivity contribution in [3.63, 3.8) is 0 Å². The second-order valence-corrected chi connectivity index (χ2v) is 6.47. The molecule has 1 unspecified atom stereocenters. The van der Waals surface area contributed by atoms with E-state index in [4.69, 9.17) is 5.73 Å². The fourth-order valence-electron chi connectivity index (χ4n) is 1.94. The van der Waals surface area contributed by atoms with Gasteiger partial charge in [-0.3, -0.25) is 0 Å². The number of nitrogens with zero attached hydrogens (tertiary/aromatic N) is 1. The van der Waals surface area contributed by atoms with Gasteiger partial charge in [0.05, 0.1) is 5.54 Å². The van der Waals surface area contributed by atoms with Gasteiger partial charge in [-0.1, -0.05) is 13.8 Å². The van der Waals surface area contributed by atoms with E-state index in [2.05, 4.69) is 38.0 Å². The van der Waals surface area contributed by atoms with Gasteiger partial charge in [0.1, 0.15) is 5.01 Å². The summed E-state index contributed by atoms with van der Waals surface area (Å²) in [5.41, 5.74) is 5.76. The van der Waals surface area contributed by atoms with Crippen molar-refractivity contribution >= 4 is 11.3 Å². The number of nitrogens with one attached hydrogen (secondary N) is 1. The first-order chi connectivity index (χ1) is 7.95. The van der Waals surface area contributed by atoms with Gasteiger partial charge in [0.15, 0.2) is 0 Å². The van der Waals surface area contributed by atoms with Crippen LogP contribution in [-0.4, -0.2) is 18.1 Å². The van der Waals surface area contributed by atoms with Crippen molar-refractivity contribution in [3.05, 3.63) is 16.6 Å². The molecule has 0 fully saturated rings. The van der Waals surface area contributed by atoms with Crippen molar-refractivity contribution in [2.75, 3.05) is 13.1 Å². The molecule has 0 spiro atoms. The molecule has 0 saturated carbocycles. The lowest BCUT2D eigenvalue weighted by Crippen LogP contribution is -2.41. The van der Waals surface area contributed by atoms with Gasteiger partial charge >= 0.3 is 0 Å². The number of aromatic nitrogens is 1. The van der Waals surface area contributed by atoms with Gasteiger partial charge in [0, 0.05) is 18.1 Å². The molecule has 98 valence electrons. The maximum absolute atomic E-state index is 5.82. The van der Waals surface area contributed by atoms with Gasteiger partial charge < -0.3 is 11.1 Å². The monoisotopic (exact) mass is 255 g/mol. The highest BCUT2D eigenvalue weighted by atomic mass is 32.1. The van der Waals surface area contributed by atoms with Crippen LogP contribution in [0.25, 0.3) is 0 Å². The molecule has 0 radical (unpaired) electrons. The van der Waals surface area contributed by atoms with E-state index >= 15 is 0 Å². The zero-order chi connectivity index (χ0) is 12.9. The lowest BCUT2D eigenvalue weighted by molar-refractivity contribution is 0.325. The molecule has 1 heterocycles. The van der Waals surface area contributed by atoms with Crippen LogP contribution in [0.5, 0.6) is 0 Å². The molecule has 1 atom stereocenters. The third kappa shape index (κ3) is 4.74. The summed E-state index contributed by atoms with van der Waals surface area (Å²) in [5, 5.41) is 6.74. The molecule has 1 aromatic heterocycles. The quantitative estimate of drug-likeness (QED) is 0.787. The molecule has 1 rings (SSSR count). The van der Waals surface area contributed by atoms with Crippen molar-refractivity contribution in [2.24, 2.45) is 17.6 Å². The molecule has 0 aliphatic carbocycles. The molecular weight excluding hydrogens is 230 g/mol. The minimum absolute atomic E-state index is 0.0570. The first kappa shape index (κ1) is 14.6. The van der Waals surface area contributed by atoms with Crippen LogP contribution in [0, 0.1) is 11.8 Å². The molecule has 0 bridgehead atoms. The number of nitrogens with two attached hydrogens (primary N) is 1. The second-order valence-electron chi connectivity index (χ2n) is 5.57. The summed E-state index contributed by atoms with van der Waals surface area (Å²) in [6.45, 7) is 10.5. The standard InChI is InChI=1S/C13H25N3S/c1-10(2)7-11(8-14)9-16-13(3,4)12-15-5-6-17-12/h5-6,10-11,16H,7-9,14H2,1-4H3. The Morgan fingerprint density at radius 3 is 2.65 bits per heavy atom. The van der Waals surface area contributed by atoms with Crippen LogP contribution in [0.1, 0.15) is 39.1 Å². The van der Waals surface area contributed by atoms with Crippen LogP contribution in [0.15, 0.2) is 11.6 Å². The van der Waals surface area contributed by atoms with Crippen LogP contribution in [0.2, 0.25) is 0 Å². The van der Waals surface area contributed by atoms with Gasteiger partial charge in [-0.05, 0) is 38.6 Å². The van der Waals surface area contributed by atoms with Crippen molar-refractivity contribution in [3.8, 4) is 0 Å². The predicted molar refractivity (Wildman–Crippen MR) is 75.1 cm³/mol. The summed E-state index contributed by atoms with van der Waals surface area (Å²) in [7, 11) is 0. The van der Waals surface area contributed by atoms with Crippen molar-refractivity contribution in [1.29, 1.82) is 0 Å². The van der Waals surface area contributed by atoms with Gasteiger partial charge in [0.25, 0.3) is 0 Å². The van der Waals surface area contributed by atoms with E-state index in [-0.39, 0.29) is 5.54 Å². The highest BCUT2D eigenvalue weighted by Crippen LogP contribution is 2.22. The SMILES string of the molecule is CC(C)CC(CN)CNC(C)(C)c1nccs1. The molecule has 3 N–H and O–H groups in total. The molecule has 3 nitrogen and oxygen atoms in total. The molecule has 0 amide bonds. The fraction of sp³-hybridized carbons (Fsp3) is 0.769. The Kier molecular flexibility index (Phi) is 5.56. The van der Waals surface area contributed by atoms with Gasteiger partial charge in [-0.25, -0.2) is 4.98 Å². The van der Waals surface area contributed by atoms with Crippen LogP contribution < -0.4 is 11.1 Å². The van der Waals surface area contributed by atoms with Gasteiger partial charge in [0.2, 0.25) is 0 Å². The number of rotatable bonds is 7. The summed E-state index contributed by atoms with van der Waals surface area (Å²) in [6, 6.07) is 0. The molecule has 0 aliphatic rings. The average molecular weight is 255 g/mol. The van der Waals surface area contributed by atoms with Crippen molar-refractivity contribution in [2.45, 2.75) is 39.7 Å². The molecule has 4 heteroatoms. The second kappa shape index (κ2) is 6.47. The third-order valence-corrected chi connectivity index (χ3v) is 4.03. The maximum Gasteiger partial charge on any atom is 0.112 e. The molecule has 0 saturated heterocycles. The van der Waals surface area contributed by atoms with E-state index in [0.29, 0.717) is 11.8 Å². The number of hydrogen-bond donors (Lipinski definition) is 2. The molecule has 0 aliphatic heterocycles. The number of hydrogen-bond acceptors (Lipinski definition) is 4. The molecule has 17 heavy (non-hydrogen) atoms. The molecular formula is C13H25N3S. The van der Waals surface area contributed by atoms with Crippen molar-refractivity contribution < 1.29 is 0 Å². The van der Waals surface area contributed by atoms with Crippen molar-refractivity contribution in [1.82, 2.24) is 10.3 Å². The Balaban J connectivity index is 2.48. The Morgan fingerprint density at radius 1 is 1.47 bits per heavy atom. The minimum Gasteiger partial charge on any atom is -0.330 e. The van der Waals surface area contributed by atoms with Gasteiger partial charge in [-0.15, -0.1) is 11.3 Å². The summed E-state index contributed by atoms with van der Waals surface area (Å²) in [6.07, 6.45) is 3.04. The lowest BCUT2D eigenvalue weighted by atomic mass is 9.96. The Labute approximate surface area is 109 Å². The maximum atomic E-state index is 5.82. The van der Waals surface area contributed by atoms with Crippen LogP contribution in [0.3, 0.4) is 0 Å². The summed E-state index contributed by atoms with van der Waals surface area (Å²) in [5.74, 6) is 1.25. The minimum atomic E-state index is -0.0570. The fourth-order valence-corrected chi connectivity index (χ4v) is 2.68. The Hall–Kier alpha value is -0.450. The first-order valence-corrected chi connectivity index (χ1v) is 7.18. The normalized spacial score (nSPS) is 14.2. The Bertz CT molecular complexity index is 306. The highest BCUT2D eigenvalue weighted by molar-refractivity contribution is 7.09. The average Bonchev–Trinajstić information content (AvgIpc) is 2.77. The molecule has 1 aromatic rings. The van der Waals surface area contributed by atoms with Crippen LogP contribution in [0.4, 0.5) is 0 Å². The van der Waals surface area contributed by atoms with E-state index in [9.17, 15) is 0 Å². The Morgan fingerprint density at radius 2 is 2.18 bits per heavy atom. The van der Waals surface area contributed by atoms with E-state index < -0.39 is 0 Å². The summed E-state index contributed by atoms with van der Waals surface area (Å²) >= 11 is 1.70. The third-order valence-electron chi connectivity index (χ3n) is 2.94. The lowest BCUT2D eigenvalue weighted by Gasteiger charge is -2.27.